The number of fused-ring (bicyclic) bond motifs is 1. The van der Waals surface area contributed by atoms with Crippen LogP contribution < -0.4 is 16.8 Å². The Hall–Kier alpha value is -3.68. The van der Waals surface area contributed by atoms with Crippen molar-refractivity contribution in [3.05, 3.63) is 76.1 Å². The van der Waals surface area contributed by atoms with E-state index in [0.717, 1.165) is 42.1 Å². The van der Waals surface area contributed by atoms with Gasteiger partial charge in [0.15, 0.2) is 0 Å². The number of aryl methyl sites for hydroxylation is 1. The Morgan fingerprint density at radius 3 is 2.26 bits per heavy atom. The van der Waals surface area contributed by atoms with Gasteiger partial charge < -0.3 is 21.9 Å². The van der Waals surface area contributed by atoms with Gasteiger partial charge in [-0.15, -0.1) is 0 Å². The Balaban J connectivity index is 0.000000215. The highest BCUT2D eigenvalue weighted by molar-refractivity contribution is 6.30. The average molecular weight is 627 g/mol. The number of piperidine rings is 1. The van der Waals surface area contributed by atoms with E-state index in [0.29, 0.717) is 35.9 Å². The monoisotopic (exact) mass is 626 g/mol. The largest absolute Gasteiger partial charge is 0.433 e. The van der Waals surface area contributed by atoms with Crippen molar-refractivity contribution in [1.29, 1.82) is 0 Å². The number of nitrogen functional groups attached to an aromatic ring is 2. The van der Waals surface area contributed by atoms with Crippen LogP contribution in [0.4, 0.5) is 38.1 Å². The van der Waals surface area contributed by atoms with E-state index in [-0.39, 0.29) is 16.9 Å². The first kappa shape index (κ1) is 32.2. The second kappa shape index (κ2) is 12.9. The molecule has 3 heterocycles. The average Bonchev–Trinajstić information content (AvgIpc) is 2.96. The van der Waals surface area contributed by atoms with Crippen LogP contribution >= 0.6 is 11.6 Å². The minimum Gasteiger partial charge on any atom is -0.387 e. The van der Waals surface area contributed by atoms with Crippen molar-refractivity contribution in [1.82, 2.24) is 20.3 Å². The lowest BCUT2D eigenvalue weighted by atomic mass is 9.91. The van der Waals surface area contributed by atoms with E-state index >= 15 is 0 Å². The molecule has 0 aliphatic carbocycles. The second-order valence-corrected chi connectivity index (χ2v) is 10.4. The number of nitrogens with two attached hydrogens (primary N) is 2. The van der Waals surface area contributed by atoms with Crippen LogP contribution in [-0.2, 0) is 18.8 Å². The maximum Gasteiger partial charge on any atom is 0.433 e. The first-order valence-corrected chi connectivity index (χ1v) is 13.8. The van der Waals surface area contributed by atoms with Crippen molar-refractivity contribution in [2.75, 3.05) is 18.0 Å². The highest BCUT2D eigenvalue weighted by Crippen LogP contribution is 2.40. The van der Waals surface area contributed by atoms with Gasteiger partial charge in [-0.1, -0.05) is 49.2 Å². The van der Waals surface area contributed by atoms with Gasteiger partial charge in [0.05, 0.1) is 22.9 Å². The number of nitrogens with zero attached hydrogens (tertiary/aromatic N) is 3. The lowest BCUT2D eigenvalue weighted by Crippen LogP contribution is -2.39. The zero-order valence-corrected chi connectivity index (χ0v) is 23.7. The molecule has 0 unspecified atom stereocenters. The van der Waals surface area contributed by atoms with Gasteiger partial charge in [0.1, 0.15) is 11.5 Å². The number of aliphatic hydroxyl groups excluding tert-OH is 1. The zero-order valence-electron chi connectivity index (χ0n) is 22.9. The van der Waals surface area contributed by atoms with Gasteiger partial charge in [0.25, 0.3) is 0 Å². The standard InChI is InChI=1S/C17H16F6N2O.C12H13ClN4/c18-16(19,20)11-5-3-4-9-10(15(26)12-6-1-2-7-24-12)8-13(17(21,22)23)25-14(9)11;1-2-9-10(11(14)17-12(15)16-9)7-3-5-8(13)6-4-7/h3-5,8,12,15,24,26H,1-2,6-7H2;3-6H,2H2,1H3,(H4,14,15,16,17)/t12-,15+;/m1./s1. The third-order valence-electron chi connectivity index (χ3n) is 7.01. The van der Waals surface area contributed by atoms with Crippen molar-refractivity contribution >= 4 is 34.3 Å². The van der Waals surface area contributed by atoms with Crippen molar-refractivity contribution < 1.29 is 31.4 Å². The van der Waals surface area contributed by atoms with Gasteiger partial charge in [-0.2, -0.15) is 31.3 Å². The summed E-state index contributed by atoms with van der Waals surface area (Å²) >= 11 is 5.86. The normalized spacial score (nSPS) is 16.4. The summed E-state index contributed by atoms with van der Waals surface area (Å²) in [6, 6.07) is 10.6. The van der Waals surface area contributed by atoms with Crippen molar-refractivity contribution in [2.45, 2.75) is 57.1 Å². The highest BCUT2D eigenvalue weighted by Gasteiger charge is 2.38. The predicted molar refractivity (Wildman–Crippen MR) is 153 cm³/mol. The van der Waals surface area contributed by atoms with Gasteiger partial charge in [-0.3, -0.25) is 0 Å². The van der Waals surface area contributed by atoms with Gasteiger partial charge in [-0.05, 0) is 61.2 Å². The Bertz CT molecular complexity index is 1570. The second-order valence-electron chi connectivity index (χ2n) is 9.94. The molecule has 0 spiro atoms. The number of anilines is 2. The number of para-hydroxylation sites is 1. The van der Waals surface area contributed by atoms with Crippen LogP contribution in [0, 0.1) is 0 Å². The minimum absolute atomic E-state index is 0.132. The summed E-state index contributed by atoms with van der Waals surface area (Å²) < 4.78 is 79.3. The Morgan fingerprint density at radius 1 is 0.977 bits per heavy atom. The van der Waals surface area contributed by atoms with E-state index in [9.17, 15) is 31.4 Å². The topological polar surface area (TPSA) is 123 Å². The summed E-state index contributed by atoms with van der Waals surface area (Å²) in [6.07, 6.45) is -8.25. The van der Waals surface area contributed by atoms with E-state index < -0.39 is 41.3 Å². The first-order chi connectivity index (χ1) is 20.2. The molecule has 0 saturated carbocycles. The lowest BCUT2D eigenvalue weighted by Gasteiger charge is -2.29. The number of alkyl halides is 6. The number of aromatic nitrogens is 3. The molecule has 14 heteroatoms. The molecule has 0 bridgehead atoms. The molecule has 2 aromatic carbocycles. The summed E-state index contributed by atoms with van der Waals surface area (Å²) in [5, 5.41) is 14.1. The van der Waals surface area contributed by atoms with E-state index in [1.54, 1.807) is 0 Å². The minimum atomic E-state index is -4.93. The number of hydrogen-bond donors (Lipinski definition) is 4. The number of nitrogens with one attached hydrogen (secondary N) is 1. The van der Waals surface area contributed by atoms with Gasteiger partial charge in [-0.25, -0.2) is 9.97 Å². The molecule has 1 aliphatic heterocycles. The molecule has 2 aromatic heterocycles. The molecular formula is C29H29ClF6N6O. The van der Waals surface area contributed by atoms with Crippen LogP contribution in [0.2, 0.25) is 5.02 Å². The highest BCUT2D eigenvalue weighted by atomic mass is 35.5. The fraction of sp³-hybridized carbons (Fsp3) is 0.345. The Labute approximate surface area is 248 Å². The number of benzene rings is 2. The number of aliphatic hydroxyl groups is 1. The molecule has 230 valence electrons. The summed E-state index contributed by atoms with van der Waals surface area (Å²) in [5.41, 5.74) is 10.4. The first-order valence-electron chi connectivity index (χ1n) is 13.4. The predicted octanol–water partition coefficient (Wildman–Crippen LogP) is 6.97. The molecule has 6 N–H and O–H groups in total. The molecule has 5 rings (SSSR count). The van der Waals surface area contributed by atoms with Crippen molar-refractivity contribution in [3.63, 3.8) is 0 Å². The summed E-state index contributed by atoms with van der Waals surface area (Å²) in [6.45, 7) is 2.59. The molecule has 1 saturated heterocycles. The molecular weight excluding hydrogens is 598 g/mol. The number of rotatable bonds is 4. The van der Waals surface area contributed by atoms with Crippen LogP contribution in [0.15, 0.2) is 48.5 Å². The Morgan fingerprint density at radius 2 is 1.67 bits per heavy atom. The maximum atomic E-state index is 13.2. The molecule has 4 aromatic rings. The van der Waals surface area contributed by atoms with E-state index in [2.05, 4.69) is 20.3 Å². The van der Waals surface area contributed by atoms with E-state index in [4.69, 9.17) is 23.1 Å². The van der Waals surface area contributed by atoms with Gasteiger partial charge >= 0.3 is 12.4 Å². The van der Waals surface area contributed by atoms with Crippen molar-refractivity contribution in [3.8, 4) is 11.1 Å². The molecule has 7 nitrogen and oxygen atoms in total. The quantitative estimate of drug-likeness (QED) is 0.180. The van der Waals surface area contributed by atoms with Crippen LogP contribution in [0.3, 0.4) is 0 Å². The summed E-state index contributed by atoms with van der Waals surface area (Å²) in [5.74, 6) is 0.605. The van der Waals surface area contributed by atoms with Crippen LogP contribution in [0.25, 0.3) is 22.0 Å². The zero-order chi connectivity index (χ0) is 31.5. The molecule has 1 aliphatic rings. The fourth-order valence-corrected chi connectivity index (χ4v) is 5.12. The number of pyridine rings is 1. The van der Waals surface area contributed by atoms with Crippen LogP contribution in [-0.4, -0.2) is 32.6 Å². The number of halogens is 7. The molecule has 43 heavy (non-hydrogen) atoms. The molecule has 1 fully saturated rings. The third kappa shape index (κ3) is 7.46. The van der Waals surface area contributed by atoms with Crippen LogP contribution in [0.1, 0.15) is 54.8 Å². The van der Waals surface area contributed by atoms with Gasteiger partial charge in [0.2, 0.25) is 5.95 Å². The van der Waals surface area contributed by atoms with Crippen molar-refractivity contribution in [2.24, 2.45) is 0 Å². The van der Waals surface area contributed by atoms with E-state index in [1.807, 2.05) is 31.2 Å². The van der Waals surface area contributed by atoms with Crippen LogP contribution in [0.5, 0.6) is 0 Å². The Kier molecular flexibility index (Phi) is 9.67. The fourth-order valence-electron chi connectivity index (χ4n) is 4.99. The maximum absolute atomic E-state index is 13.2. The SMILES string of the molecule is CCc1nc(N)nc(N)c1-c1ccc(Cl)cc1.O[C@@H](c1cc(C(F)(F)F)nc2c(C(F)(F)F)cccc12)[C@H]1CCCCN1. The molecule has 0 amide bonds. The smallest absolute Gasteiger partial charge is 0.387 e. The lowest BCUT2D eigenvalue weighted by molar-refractivity contribution is -0.142. The molecule has 2 atom stereocenters. The summed E-state index contributed by atoms with van der Waals surface area (Å²) in [4.78, 5) is 11.4. The molecule has 0 radical (unpaired) electrons. The summed E-state index contributed by atoms with van der Waals surface area (Å²) in [7, 11) is 0. The number of hydrogen-bond acceptors (Lipinski definition) is 7. The van der Waals surface area contributed by atoms with E-state index in [1.165, 1.54) is 6.07 Å². The van der Waals surface area contributed by atoms with Gasteiger partial charge in [0, 0.05) is 22.0 Å². The third-order valence-corrected chi connectivity index (χ3v) is 7.26.